The lowest BCUT2D eigenvalue weighted by Gasteiger charge is -2.42. The number of rotatable bonds is 14. The fourth-order valence-electron chi connectivity index (χ4n) is 5.39. The number of aliphatic hydroxyl groups is 1. The molecule has 1 amide bonds. The Morgan fingerprint density at radius 2 is 1.41 bits per heavy atom. The number of benzene rings is 3. The number of hydrogen-bond donors (Lipinski definition) is 1. The number of ether oxygens (including phenoxy) is 7. The van der Waals surface area contributed by atoms with Crippen LogP contribution in [0.5, 0.6) is 11.5 Å². The maximum atomic E-state index is 13.5. The molecule has 1 saturated heterocycles. The summed E-state index contributed by atoms with van der Waals surface area (Å²) in [6.07, 6.45) is -2.52. The molecule has 2 heterocycles. The normalized spacial score (nSPS) is 21.8. The summed E-state index contributed by atoms with van der Waals surface area (Å²) in [5.74, 6) is 1.48. The van der Waals surface area contributed by atoms with Gasteiger partial charge in [0.2, 0.25) is 0 Å². The van der Waals surface area contributed by atoms with Gasteiger partial charge in [-0.3, -0.25) is 9.89 Å². The molecular formula is C37H46N2O9S. The Hall–Kier alpha value is -3.65. The monoisotopic (exact) mass is 694 g/mol. The predicted octanol–water partition coefficient (Wildman–Crippen LogP) is 5.82. The van der Waals surface area contributed by atoms with Gasteiger partial charge in [0.25, 0.3) is 0 Å². The lowest BCUT2D eigenvalue weighted by Crippen LogP contribution is -2.57. The minimum Gasteiger partial charge on any atom is -0.497 e. The molecule has 0 unspecified atom stereocenters. The molecule has 5 rings (SSSR count). The second kappa shape index (κ2) is 17.3. The zero-order chi connectivity index (χ0) is 34.8. The van der Waals surface area contributed by atoms with Crippen LogP contribution in [0.2, 0.25) is 0 Å². The van der Waals surface area contributed by atoms with E-state index in [0.717, 1.165) is 28.2 Å². The highest BCUT2D eigenvalue weighted by Crippen LogP contribution is 2.40. The number of aliphatic hydroxyl groups excluding tert-OH is 1. The van der Waals surface area contributed by atoms with E-state index in [1.54, 1.807) is 14.2 Å². The zero-order valence-electron chi connectivity index (χ0n) is 28.7. The van der Waals surface area contributed by atoms with Crippen LogP contribution in [0.4, 0.5) is 4.79 Å². The second-order valence-corrected chi connectivity index (χ2v) is 13.7. The molecule has 0 bridgehead atoms. The van der Waals surface area contributed by atoms with E-state index in [0.29, 0.717) is 11.8 Å². The van der Waals surface area contributed by atoms with E-state index in [-0.39, 0.29) is 33.0 Å². The van der Waals surface area contributed by atoms with Crippen molar-refractivity contribution >= 4 is 23.0 Å². The summed E-state index contributed by atoms with van der Waals surface area (Å²) >= 11 is 1.30. The van der Waals surface area contributed by atoms with Crippen LogP contribution in [-0.4, -0.2) is 90.6 Å². The summed E-state index contributed by atoms with van der Waals surface area (Å²) < 4.78 is 41.8. The van der Waals surface area contributed by atoms with Crippen LogP contribution in [0.1, 0.15) is 37.5 Å². The van der Waals surface area contributed by atoms with Gasteiger partial charge in [-0.05, 0) is 61.7 Å². The summed E-state index contributed by atoms with van der Waals surface area (Å²) in [7, 11) is 3.24. The molecule has 12 heteroatoms. The predicted molar refractivity (Wildman–Crippen MR) is 187 cm³/mol. The number of amides is 1. The van der Waals surface area contributed by atoms with Crippen LogP contribution >= 0.6 is 11.8 Å². The summed E-state index contributed by atoms with van der Waals surface area (Å²) in [5.41, 5.74) is 1.62. The minimum atomic E-state index is -0.723. The van der Waals surface area contributed by atoms with Crippen molar-refractivity contribution in [2.45, 2.75) is 76.0 Å². The molecule has 0 saturated carbocycles. The number of amidine groups is 1. The highest BCUT2D eigenvalue weighted by Gasteiger charge is 2.52. The van der Waals surface area contributed by atoms with Crippen molar-refractivity contribution in [3.05, 3.63) is 95.6 Å². The highest BCUT2D eigenvalue weighted by molar-refractivity contribution is 8.14. The van der Waals surface area contributed by atoms with E-state index >= 15 is 0 Å². The zero-order valence-corrected chi connectivity index (χ0v) is 29.5. The molecule has 3 aromatic rings. The summed E-state index contributed by atoms with van der Waals surface area (Å²) in [6, 6.07) is 24.5. The molecular weight excluding hydrogens is 648 g/mol. The topological polar surface area (TPSA) is 118 Å². The molecule has 0 radical (unpaired) electrons. The summed E-state index contributed by atoms with van der Waals surface area (Å²) in [4.78, 5) is 20.1. The molecule has 11 nitrogen and oxygen atoms in total. The van der Waals surface area contributed by atoms with E-state index < -0.39 is 41.5 Å². The fourth-order valence-corrected chi connectivity index (χ4v) is 6.63. The van der Waals surface area contributed by atoms with Crippen LogP contribution in [0.25, 0.3) is 0 Å². The summed E-state index contributed by atoms with van der Waals surface area (Å²) in [6.45, 7) is 6.56. The van der Waals surface area contributed by atoms with E-state index in [1.165, 1.54) is 16.7 Å². The van der Waals surface area contributed by atoms with Crippen LogP contribution < -0.4 is 9.47 Å². The summed E-state index contributed by atoms with van der Waals surface area (Å²) in [5, 5.41) is 10.9. The van der Waals surface area contributed by atoms with Gasteiger partial charge in [-0.25, -0.2) is 4.79 Å². The molecule has 0 aliphatic carbocycles. The number of carbonyl (C=O) groups excluding carboxylic acids is 1. The van der Waals surface area contributed by atoms with Gasteiger partial charge in [-0.1, -0.05) is 66.4 Å². The molecule has 1 N–H and O–H groups in total. The Kier molecular flexibility index (Phi) is 13.0. The van der Waals surface area contributed by atoms with Crippen LogP contribution in [0.15, 0.2) is 83.9 Å². The lowest BCUT2D eigenvalue weighted by molar-refractivity contribution is -0.205. The van der Waals surface area contributed by atoms with Gasteiger partial charge in [0, 0.05) is 0 Å². The van der Waals surface area contributed by atoms with Crippen molar-refractivity contribution in [2.24, 2.45) is 4.99 Å². The molecule has 264 valence electrons. The van der Waals surface area contributed by atoms with Crippen molar-refractivity contribution in [3.8, 4) is 11.5 Å². The van der Waals surface area contributed by atoms with Crippen molar-refractivity contribution < 1.29 is 43.1 Å². The minimum absolute atomic E-state index is 0.214. The SMILES string of the molecule is COc1ccc(CO[C@@H]2[C@H]3N=C(N(CCOCc4ccccc4)C(=O)OC(C)(C)C)S[C@H]3O[C@H](CO)[C@H]2OCc2ccc(OC)cc2)cc1. The van der Waals surface area contributed by atoms with E-state index in [1.807, 2.05) is 99.6 Å². The second-order valence-electron chi connectivity index (χ2n) is 12.7. The van der Waals surface area contributed by atoms with Gasteiger partial charge >= 0.3 is 6.09 Å². The maximum absolute atomic E-state index is 13.5. The number of fused-ring (bicyclic) bond motifs is 1. The molecule has 49 heavy (non-hydrogen) atoms. The smallest absolute Gasteiger partial charge is 0.416 e. The third-order valence-electron chi connectivity index (χ3n) is 7.89. The van der Waals surface area contributed by atoms with Gasteiger partial charge in [0.1, 0.15) is 46.9 Å². The van der Waals surface area contributed by atoms with Gasteiger partial charge in [0.15, 0.2) is 5.17 Å². The fraction of sp³-hybridized carbons (Fsp3) is 0.459. The third kappa shape index (κ3) is 10.2. The molecule has 0 spiro atoms. The first-order valence-electron chi connectivity index (χ1n) is 16.3. The highest BCUT2D eigenvalue weighted by atomic mass is 32.2. The molecule has 2 aliphatic heterocycles. The van der Waals surface area contributed by atoms with Crippen LogP contribution in [0.3, 0.4) is 0 Å². The first-order valence-corrected chi connectivity index (χ1v) is 17.2. The Morgan fingerprint density at radius 1 is 0.837 bits per heavy atom. The average molecular weight is 695 g/mol. The molecule has 0 aromatic heterocycles. The average Bonchev–Trinajstić information content (AvgIpc) is 3.53. The molecule has 2 aliphatic rings. The number of methoxy groups -OCH3 is 2. The maximum Gasteiger partial charge on any atom is 0.416 e. The Balaban J connectivity index is 1.38. The lowest BCUT2D eigenvalue weighted by atomic mass is 9.97. The van der Waals surface area contributed by atoms with Crippen molar-refractivity contribution in [1.29, 1.82) is 0 Å². The number of nitrogens with zero attached hydrogens (tertiary/aromatic N) is 2. The van der Waals surface area contributed by atoms with Gasteiger partial charge in [-0.15, -0.1) is 0 Å². The molecule has 1 fully saturated rings. The van der Waals surface area contributed by atoms with E-state index in [4.69, 9.17) is 38.2 Å². The number of aliphatic imine (C=N–C) groups is 1. The standard InChI is InChI=1S/C37H46N2O9S/c1-37(2,3)48-36(41)39(19-20-44-22-25-9-7-6-8-10-25)35-38-31-33(46-24-27-13-17-29(43-5)18-14-27)32(30(21-40)47-34(31)49-35)45-23-26-11-15-28(42-4)16-12-26/h6-18,30-34,40H,19-24H2,1-5H3/t30-,31-,32-,33-,34-/m1/s1. The first-order chi connectivity index (χ1) is 23.7. The number of thioether (sulfide) groups is 1. The quantitative estimate of drug-likeness (QED) is 0.207. The van der Waals surface area contributed by atoms with E-state index in [2.05, 4.69) is 0 Å². The van der Waals surface area contributed by atoms with Gasteiger partial charge in [0.05, 0.1) is 53.8 Å². The largest absolute Gasteiger partial charge is 0.497 e. The Bertz CT molecular complexity index is 1500. The number of hydrogen-bond acceptors (Lipinski definition) is 11. The van der Waals surface area contributed by atoms with Crippen LogP contribution in [0, 0.1) is 0 Å². The van der Waals surface area contributed by atoms with Crippen molar-refractivity contribution in [2.75, 3.05) is 34.0 Å². The van der Waals surface area contributed by atoms with Crippen molar-refractivity contribution in [1.82, 2.24) is 4.90 Å². The van der Waals surface area contributed by atoms with Gasteiger partial charge in [-0.2, -0.15) is 0 Å². The number of carbonyl (C=O) groups is 1. The van der Waals surface area contributed by atoms with E-state index in [9.17, 15) is 9.90 Å². The van der Waals surface area contributed by atoms with Gasteiger partial charge < -0.3 is 38.3 Å². The van der Waals surface area contributed by atoms with Crippen LogP contribution in [-0.2, 0) is 43.5 Å². The molecule has 5 atom stereocenters. The Labute approximate surface area is 292 Å². The first kappa shape index (κ1) is 36.6. The molecule has 3 aromatic carbocycles. The Morgan fingerprint density at radius 3 is 1.96 bits per heavy atom. The van der Waals surface area contributed by atoms with Crippen molar-refractivity contribution in [3.63, 3.8) is 0 Å². The third-order valence-corrected chi connectivity index (χ3v) is 9.05.